The molecule has 144 valence electrons. The zero-order valence-corrected chi connectivity index (χ0v) is 15.4. The molecule has 2 aromatic rings. The van der Waals surface area contributed by atoms with Crippen LogP contribution in [0.5, 0.6) is 5.75 Å². The van der Waals surface area contributed by atoms with E-state index in [9.17, 15) is 19.7 Å². The number of hydrogen-bond acceptors (Lipinski definition) is 5. The summed E-state index contributed by atoms with van der Waals surface area (Å²) in [6, 6.07) is 11.0. The number of carbonyl (C=O) groups excluding carboxylic acids is 2. The molecule has 0 aromatic heterocycles. The Kier molecular flexibility index (Phi) is 5.39. The van der Waals surface area contributed by atoms with E-state index in [2.05, 4.69) is 5.32 Å². The van der Waals surface area contributed by atoms with E-state index in [0.29, 0.717) is 29.2 Å². The van der Waals surface area contributed by atoms with E-state index in [0.717, 1.165) is 0 Å². The molecule has 8 nitrogen and oxygen atoms in total. The molecule has 0 fully saturated rings. The molecule has 1 unspecified atom stereocenters. The fourth-order valence-electron chi connectivity index (χ4n) is 2.87. The average Bonchev–Trinajstić information content (AvgIpc) is 2.68. The van der Waals surface area contributed by atoms with Crippen LogP contribution in [0.4, 0.5) is 17.1 Å². The van der Waals surface area contributed by atoms with Crippen LogP contribution in [-0.4, -0.2) is 29.4 Å². The highest BCUT2D eigenvalue weighted by molar-refractivity contribution is 6.04. The molecule has 0 spiro atoms. The van der Waals surface area contributed by atoms with Gasteiger partial charge >= 0.3 is 0 Å². The maximum absolute atomic E-state index is 12.2. The summed E-state index contributed by atoms with van der Waals surface area (Å²) < 4.78 is 5.60. The van der Waals surface area contributed by atoms with Crippen LogP contribution in [0.15, 0.2) is 48.5 Å². The third-order valence-electron chi connectivity index (χ3n) is 4.28. The maximum atomic E-state index is 12.2. The van der Waals surface area contributed by atoms with Gasteiger partial charge in [-0.1, -0.05) is 0 Å². The van der Waals surface area contributed by atoms with E-state index >= 15 is 0 Å². The number of fused-ring (bicyclic) bond motifs is 1. The smallest absolute Gasteiger partial charge is 0.269 e. The zero-order valence-electron chi connectivity index (χ0n) is 15.4. The van der Waals surface area contributed by atoms with Crippen molar-refractivity contribution in [1.82, 2.24) is 0 Å². The highest BCUT2D eigenvalue weighted by Crippen LogP contribution is 2.36. The lowest BCUT2D eigenvalue weighted by Crippen LogP contribution is -2.44. The number of nitro benzene ring substituents is 1. The van der Waals surface area contributed by atoms with E-state index in [1.807, 2.05) is 6.92 Å². The summed E-state index contributed by atoms with van der Waals surface area (Å²) in [6.45, 7) is 4.07. The van der Waals surface area contributed by atoms with Crippen LogP contribution < -0.4 is 15.0 Å². The van der Waals surface area contributed by atoms with Crippen LogP contribution in [0.2, 0.25) is 0 Å². The first kappa shape index (κ1) is 19.1. The first-order chi connectivity index (χ1) is 13.4. The second-order valence-corrected chi connectivity index (χ2v) is 6.20. The van der Waals surface area contributed by atoms with E-state index in [1.165, 1.54) is 18.2 Å². The minimum Gasteiger partial charge on any atom is -0.479 e. The molecule has 3 rings (SSSR count). The summed E-state index contributed by atoms with van der Waals surface area (Å²) in [7, 11) is 0. The van der Waals surface area contributed by atoms with Gasteiger partial charge in [-0.05, 0) is 55.8 Å². The molecule has 2 aromatic carbocycles. The maximum Gasteiger partial charge on any atom is 0.269 e. The topological polar surface area (TPSA) is 102 Å². The van der Waals surface area contributed by atoms with Crippen molar-refractivity contribution < 1.29 is 19.2 Å². The molecule has 2 amide bonds. The Hall–Kier alpha value is -3.68. The minimum atomic E-state index is -0.544. The van der Waals surface area contributed by atoms with Crippen LogP contribution in [0.3, 0.4) is 0 Å². The van der Waals surface area contributed by atoms with Gasteiger partial charge < -0.3 is 15.0 Å². The van der Waals surface area contributed by atoms with Crippen molar-refractivity contribution in [2.45, 2.75) is 20.0 Å². The van der Waals surface area contributed by atoms with E-state index < -0.39 is 11.0 Å². The third-order valence-corrected chi connectivity index (χ3v) is 4.28. The Bertz CT molecular complexity index is 953. The number of hydrogen-bond donors (Lipinski definition) is 1. The van der Waals surface area contributed by atoms with Crippen molar-refractivity contribution >= 4 is 35.0 Å². The summed E-state index contributed by atoms with van der Waals surface area (Å²) >= 11 is 0. The fourth-order valence-corrected chi connectivity index (χ4v) is 2.87. The number of benzene rings is 2. The number of carbonyl (C=O) groups is 2. The first-order valence-electron chi connectivity index (χ1n) is 8.74. The standard InChI is InChI=1S/C20H19N3O5/c1-3-22-17-12-15(7-10-18(17)28-13(2)20(22)25)21-19(24)11-6-14-4-8-16(9-5-14)23(26)27/h4-13H,3H2,1-2H3,(H,21,24)/b11-6+. The summed E-state index contributed by atoms with van der Waals surface area (Å²) in [4.78, 5) is 36.2. The molecule has 0 radical (unpaired) electrons. The van der Waals surface area contributed by atoms with Gasteiger partial charge in [-0.2, -0.15) is 0 Å². The largest absolute Gasteiger partial charge is 0.479 e. The number of likely N-dealkylation sites (N-methyl/N-ethyl adjacent to an activating group) is 1. The Morgan fingerprint density at radius 3 is 2.64 bits per heavy atom. The van der Waals surface area contributed by atoms with Crippen LogP contribution in [-0.2, 0) is 9.59 Å². The summed E-state index contributed by atoms with van der Waals surface area (Å²) in [5.41, 5.74) is 1.79. The molecule has 0 bridgehead atoms. The lowest BCUT2D eigenvalue weighted by atomic mass is 10.1. The number of nitrogens with one attached hydrogen (secondary N) is 1. The summed E-state index contributed by atoms with van der Waals surface area (Å²) in [5, 5.41) is 13.4. The van der Waals surface area contributed by atoms with Crippen molar-refractivity contribution in [1.29, 1.82) is 0 Å². The molecule has 8 heteroatoms. The van der Waals surface area contributed by atoms with Crippen LogP contribution in [0.25, 0.3) is 6.08 Å². The Morgan fingerprint density at radius 1 is 1.29 bits per heavy atom. The van der Waals surface area contributed by atoms with Crippen molar-refractivity contribution in [3.8, 4) is 5.75 Å². The van der Waals surface area contributed by atoms with E-state index in [4.69, 9.17) is 4.74 Å². The number of nitro groups is 1. The third kappa shape index (κ3) is 4.01. The van der Waals surface area contributed by atoms with Crippen LogP contribution in [0, 0.1) is 10.1 Å². The summed E-state index contributed by atoms with van der Waals surface area (Å²) in [6.07, 6.45) is 2.35. The molecule has 1 heterocycles. The second kappa shape index (κ2) is 7.91. The van der Waals surface area contributed by atoms with Crippen molar-refractivity contribution in [2.24, 2.45) is 0 Å². The van der Waals surface area contributed by atoms with Gasteiger partial charge in [0.05, 0.1) is 10.6 Å². The SMILES string of the molecule is CCN1C(=O)C(C)Oc2ccc(NC(=O)/C=C/c3ccc([N+](=O)[O-])cc3)cc21. The molecule has 0 aliphatic carbocycles. The van der Waals surface area contributed by atoms with Crippen LogP contribution >= 0.6 is 0 Å². The zero-order chi connectivity index (χ0) is 20.3. The lowest BCUT2D eigenvalue weighted by Gasteiger charge is -2.32. The first-order valence-corrected chi connectivity index (χ1v) is 8.74. The minimum absolute atomic E-state index is 0.0118. The molecule has 28 heavy (non-hydrogen) atoms. The molecular weight excluding hydrogens is 362 g/mol. The number of amides is 2. The lowest BCUT2D eigenvalue weighted by molar-refractivity contribution is -0.384. The number of non-ortho nitro benzene ring substituents is 1. The molecule has 1 N–H and O–H groups in total. The van der Waals surface area contributed by atoms with Gasteiger partial charge in [0.25, 0.3) is 11.6 Å². The highest BCUT2D eigenvalue weighted by Gasteiger charge is 2.30. The number of ether oxygens (including phenoxy) is 1. The number of rotatable bonds is 5. The van der Waals surface area contributed by atoms with Gasteiger partial charge in [0.15, 0.2) is 6.10 Å². The fraction of sp³-hybridized carbons (Fsp3) is 0.200. The summed E-state index contributed by atoms with van der Waals surface area (Å²) in [5.74, 6) is 0.0997. The molecule has 1 atom stereocenters. The van der Waals surface area contributed by atoms with Gasteiger partial charge in [-0.15, -0.1) is 0 Å². The second-order valence-electron chi connectivity index (χ2n) is 6.20. The molecule has 1 aliphatic rings. The Balaban J connectivity index is 1.71. The molecule has 0 saturated heterocycles. The Morgan fingerprint density at radius 2 is 2.00 bits per heavy atom. The predicted octanol–water partition coefficient (Wildman–Crippen LogP) is 3.38. The van der Waals surface area contributed by atoms with Gasteiger partial charge in [0.2, 0.25) is 5.91 Å². The van der Waals surface area contributed by atoms with E-state index in [-0.39, 0.29) is 17.5 Å². The molecular formula is C20H19N3O5. The number of nitrogens with zero attached hydrogens (tertiary/aromatic N) is 2. The van der Waals surface area contributed by atoms with Crippen molar-refractivity contribution in [3.63, 3.8) is 0 Å². The van der Waals surface area contributed by atoms with Gasteiger partial charge in [0.1, 0.15) is 5.75 Å². The van der Waals surface area contributed by atoms with Crippen LogP contribution in [0.1, 0.15) is 19.4 Å². The highest BCUT2D eigenvalue weighted by atomic mass is 16.6. The normalized spacial score (nSPS) is 15.9. The average molecular weight is 381 g/mol. The predicted molar refractivity (Wildman–Crippen MR) is 105 cm³/mol. The van der Waals surface area contributed by atoms with E-state index in [1.54, 1.807) is 48.2 Å². The van der Waals surface area contributed by atoms with Crippen molar-refractivity contribution in [3.05, 3.63) is 64.2 Å². The Labute approximate surface area is 161 Å². The quantitative estimate of drug-likeness (QED) is 0.486. The molecule has 1 aliphatic heterocycles. The monoisotopic (exact) mass is 381 g/mol. The van der Waals surface area contributed by atoms with Gasteiger partial charge in [-0.25, -0.2) is 0 Å². The number of anilines is 2. The molecule has 0 saturated carbocycles. The van der Waals surface area contributed by atoms with Gasteiger partial charge in [-0.3, -0.25) is 19.7 Å². The van der Waals surface area contributed by atoms with Crippen molar-refractivity contribution in [2.75, 3.05) is 16.8 Å². The van der Waals surface area contributed by atoms with Gasteiger partial charge in [0, 0.05) is 30.4 Å².